The van der Waals surface area contributed by atoms with Crippen LogP contribution in [-0.4, -0.2) is 61.9 Å². The average molecular weight is 446 g/mol. The Kier molecular flexibility index (Phi) is 5.51. The van der Waals surface area contributed by atoms with Crippen molar-refractivity contribution in [2.24, 2.45) is 0 Å². The fourth-order valence-corrected chi connectivity index (χ4v) is 4.34. The maximum absolute atomic E-state index is 13.2. The molecule has 2 aromatic carbocycles. The van der Waals surface area contributed by atoms with Crippen LogP contribution >= 0.6 is 0 Å². The molecule has 170 valence electrons. The van der Waals surface area contributed by atoms with Crippen molar-refractivity contribution in [3.8, 4) is 5.75 Å². The number of nitrogens with zero attached hydrogens (tertiary/aromatic N) is 3. The fourth-order valence-electron chi connectivity index (χ4n) is 4.34. The summed E-state index contributed by atoms with van der Waals surface area (Å²) in [6.07, 6.45) is 1.17. The van der Waals surface area contributed by atoms with Gasteiger partial charge in [-0.3, -0.25) is 10.2 Å². The van der Waals surface area contributed by atoms with E-state index >= 15 is 0 Å². The standard InChI is InChI=1S/C25H27N5O3/c1-28-11-13-29(14-12-28)25(31)18-5-3-4-17(16-18)23-27-24-21(10-15-33-24)22(26)30(23)19-6-8-20(32-2)9-7-19/h3-10,15-16,23,26-27H,11-14H2,1-2H3. The molecule has 0 saturated carbocycles. The van der Waals surface area contributed by atoms with E-state index in [2.05, 4.69) is 17.3 Å². The summed E-state index contributed by atoms with van der Waals surface area (Å²) in [5.41, 5.74) is 3.04. The van der Waals surface area contributed by atoms with Crippen molar-refractivity contribution in [1.29, 1.82) is 5.41 Å². The van der Waals surface area contributed by atoms with Crippen LogP contribution in [0.5, 0.6) is 5.75 Å². The fraction of sp³-hybridized carbons (Fsp3) is 0.280. The third-order valence-electron chi connectivity index (χ3n) is 6.28. The van der Waals surface area contributed by atoms with Gasteiger partial charge >= 0.3 is 0 Å². The predicted molar refractivity (Wildman–Crippen MR) is 127 cm³/mol. The van der Waals surface area contributed by atoms with E-state index in [4.69, 9.17) is 14.6 Å². The number of amidine groups is 1. The van der Waals surface area contributed by atoms with E-state index < -0.39 is 6.17 Å². The third kappa shape index (κ3) is 3.93. The third-order valence-corrected chi connectivity index (χ3v) is 6.28. The first-order chi connectivity index (χ1) is 16.0. The lowest BCUT2D eigenvalue weighted by Gasteiger charge is -2.38. The van der Waals surface area contributed by atoms with Crippen molar-refractivity contribution >= 4 is 23.3 Å². The summed E-state index contributed by atoms with van der Waals surface area (Å²) in [5.74, 6) is 1.65. The number of hydrogen-bond donors (Lipinski definition) is 2. The highest BCUT2D eigenvalue weighted by molar-refractivity contribution is 6.13. The molecule has 2 aliphatic heterocycles. The Morgan fingerprint density at radius 1 is 1.09 bits per heavy atom. The number of likely N-dealkylation sites (N-methyl/N-ethyl adjacent to an activating group) is 1. The van der Waals surface area contributed by atoms with Gasteiger partial charge in [0.15, 0.2) is 0 Å². The number of furan rings is 1. The zero-order valence-electron chi connectivity index (χ0n) is 18.7. The van der Waals surface area contributed by atoms with E-state index in [-0.39, 0.29) is 5.91 Å². The van der Waals surface area contributed by atoms with Crippen LogP contribution in [0, 0.1) is 5.41 Å². The highest BCUT2D eigenvalue weighted by Gasteiger charge is 2.34. The van der Waals surface area contributed by atoms with Gasteiger partial charge in [0.2, 0.25) is 5.88 Å². The van der Waals surface area contributed by atoms with Gasteiger partial charge < -0.3 is 29.2 Å². The summed E-state index contributed by atoms with van der Waals surface area (Å²) in [6, 6.07) is 17.0. The van der Waals surface area contributed by atoms with Gasteiger partial charge in [-0.25, -0.2) is 0 Å². The number of carbonyl (C=O) groups is 1. The largest absolute Gasteiger partial charge is 0.497 e. The van der Waals surface area contributed by atoms with Gasteiger partial charge in [0, 0.05) is 37.4 Å². The molecule has 1 saturated heterocycles. The number of carbonyl (C=O) groups excluding carboxylic acids is 1. The quantitative estimate of drug-likeness (QED) is 0.638. The molecule has 8 heteroatoms. The van der Waals surface area contributed by atoms with Crippen LogP contribution < -0.4 is 15.0 Å². The second-order valence-electron chi connectivity index (χ2n) is 8.35. The maximum atomic E-state index is 13.2. The van der Waals surface area contributed by atoms with E-state index in [9.17, 15) is 4.79 Å². The maximum Gasteiger partial charge on any atom is 0.253 e. The molecular formula is C25H27N5O3. The molecule has 2 aliphatic rings. The van der Waals surface area contributed by atoms with Gasteiger partial charge in [-0.05, 0) is 55.1 Å². The van der Waals surface area contributed by atoms with Crippen molar-refractivity contribution in [1.82, 2.24) is 9.80 Å². The summed E-state index contributed by atoms with van der Waals surface area (Å²) in [5, 5.41) is 12.3. The molecule has 3 heterocycles. The highest BCUT2D eigenvalue weighted by Crippen LogP contribution is 2.37. The Bertz CT molecular complexity index is 1160. The number of rotatable bonds is 4. The van der Waals surface area contributed by atoms with Crippen LogP contribution in [0.2, 0.25) is 0 Å². The number of ether oxygens (including phenoxy) is 1. The number of fused-ring (bicyclic) bond motifs is 1. The van der Waals surface area contributed by atoms with Gasteiger partial charge in [-0.15, -0.1) is 0 Å². The first-order valence-electron chi connectivity index (χ1n) is 11.0. The Morgan fingerprint density at radius 2 is 1.85 bits per heavy atom. The number of anilines is 2. The SMILES string of the molecule is COc1ccc(N2C(=N)c3ccoc3NC2c2cccc(C(=O)N3CCN(C)CC3)c2)cc1. The van der Waals surface area contributed by atoms with E-state index in [1.807, 2.05) is 58.3 Å². The second-order valence-corrected chi connectivity index (χ2v) is 8.35. The van der Waals surface area contributed by atoms with Crippen LogP contribution in [0.4, 0.5) is 11.6 Å². The molecular weight excluding hydrogens is 418 g/mol. The van der Waals surface area contributed by atoms with Gasteiger partial charge in [0.1, 0.15) is 17.8 Å². The number of nitrogens with one attached hydrogen (secondary N) is 2. The normalized spacial score (nSPS) is 18.6. The number of benzene rings is 2. The molecule has 1 unspecified atom stereocenters. The molecule has 1 aromatic heterocycles. The van der Waals surface area contributed by atoms with Gasteiger partial charge in [-0.1, -0.05) is 12.1 Å². The molecule has 0 radical (unpaired) electrons. The zero-order chi connectivity index (χ0) is 22.9. The van der Waals surface area contributed by atoms with Crippen molar-refractivity contribution in [2.75, 3.05) is 50.6 Å². The number of methoxy groups -OCH3 is 1. The molecule has 5 rings (SSSR count). The monoisotopic (exact) mass is 445 g/mol. The minimum atomic E-state index is -0.412. The van der Waals surface area contributed by atoms with Crippen LogP contribution in [0.15, 0.2) is 65.3 Å². The molecule has 2 N–H and O–H groups in total. The Morgan fingerprint density at radius 3 is 2.58 bits per heavy atom. The molecule has 1 amide bonds. The van der Waals surface area contributed by atoms with E-state index in [0.29, 0.717) is 22.8 Å². The van der Waals surface area contributed by atoms with Crippen molar-refractivity contribution in [3.63, 3.8) is 0 Å². The Hall–Kier alpha value is -3.78. The summed E-state index contributed by atoms with van der Waals surface area (Å²) < 4.78 is 10.9. The minimum absolute atomic E-state index is 0.0329. The van der Waals surface area contributed by atoms with Gasteiger partial charge in [0.05, 0.1) is 18.9 Å². The molecule has 8 nitrogen and oxygen atoms in total. The van der Waals surface area contributed by atoms with Crippen LogP contribution in [-0.2, 0) is 0 Å². The summed E-state index contributed by atoms with van der Waals surface area (Å²) in [6.45, 7) is 3.19. The van der Waals surface area contributed by atoms with Gasteiger partial charge in [0.25, 0.3) is 5.91 Å². The smallest absolute Gasteiger partial charge is 0.253 e. The Balaban J connectivity index is 1.50. The summed E-state index contributed by atoms with van der Waals surface area (Å²) >= 11 is 0. The molecule has 0 bridgehead atoms. The first-order valence-corrected chi connectivity index (χ1v) is 11.0. The Labute approximate surface area is 192 Å². The molecule has 33 heavy (non-hydrogen) atoms. The lowest BCUT2D eigenvalue weighted by molar-refractivity contribution is 0.0664. The molecule has 0 aliphatic carbocycles. The number of piperazine rings is 1. The van der Waals surface area contributed by atoms with Gasteiger partial charge in [-0.2, -0.15) is 0 Å². The number of hydrogen-bond acceptors (Lipinski definition) is 6. The van der Waals surface area contributed by atoms with Crippen molar-refractivity contribution in [3.05, 3.63) is 77.6 Å². The lowest BCUT2D eigenvalue weighted by atomic mass is 10.0. The number of amides is 1. The molecule has 1 fully saturated rings. The van der Waals surface area contributed by atoms with Crippen molar-refractivity contribution in [2.45, 2.75) is 6.17 Å². The highest BCUT2D eigenvalue weighted by atomic mass is 16.5. The summed E-state index contributed by atoms with van der Waals surface area (Å²) in [7, 11) is 3.70. The first kappa shape index (κ1) is 21.1. The summed E-state index contributed by atoms with van der Waals surface area (Å²) in [4.78, 5) is 19.2. The average Bonchev–Trinajstić information content (AvgIpc) is 3.33. The van der Waals surface area contributed by atoms with E-state index in [1.54, 1.807) is 19.4 Å². The van der Waals surface area contributed by atoms with Crippen LogP contribution in [0.3, 0.4) is 0 Å². The molecule has 1 atom stereocenters. The van der Waals surface area contributed by atoms with Crippen molar-refractivity contribution < 1.29 is 13.9 Å². The van der Waals surface area contributed by atoms with Crippen LogP contribution in [0.25, 0.3) is 0 Å². The lowest BCUT2D eigenvalue weighted by Crippen LogP contribution is -2.47. The van der Waals surface area contributed by atoms with Crippen LogP contribution in [0.1, 0.15) is 27.7 Å². The predicted octanol–water partition coefficient (Wildman–Crippen LogP) is 3.63. The van der Waals surface area contributed by atoms with E-state index in [0.717, 1.165) is 43.2 Å². The molecule has 0 spiro atoms. The molecule has 3 aromatic rings. The topological polar surface area (TPSA) is 85.0 Å². The zero-order valence-corrected chi connectivity index (χ0v) is 18.7. The second kappa shape index (κ2) is 8.63. The van der Waals surface area contributed by atoms with E-state index in [1.165, 1.54) is 0 Å². The minimum Gasteiger partial charge on any atom is -0.497 e.